The first-order valence-corrected chi connectivity index (χ1v) is 8.63. The van der Waals surface area contributed by atoms with Gasteiger partial charge < -0.3 is 15.3 Å². The van der Waals surface area contributed by atoms with Gasteiger partial charge in [-0.1, -0.05) is 25.4 Å². The van der Waals surface area contributed by atoms with Gasteiger partial charge in [0.2, 0.25) is 0 Å². The Morgan fingerprint density at radius 3 is 2.77 bits per heavy atom. The SMILES string of the molecule is CCC(NC(=O)N1CC(C)CC(C(=O)O)C1)c1ccc(Cl)s1. The van der Waals surface area contributed by atoms with E-state index in [1.165, 1.54) is 11.3 Å². The van der Waals surface area contributed by atoms with Crippen LogP contribution in [0.3, 0.4) is 0 Å². The number of rotatable bonds is 4. The molecule has 0 aromatic carbocycles. The number of carboxylic acid groups (broad SMARTS) is 1. The minimum atomic E-state index is -0.832. The normalized spacial score (nSPS) is 23.1. The van der Waals surface area contributed by atoms with Crippen LogP contribution in [0.1, 0.15) is 37.6 Å². The smallest absolute Gasteiger partial charge is 0.317 e. The van der Waals surface area contributed by atoms with E-state index in [1.54, 1.807) is 4.90 Å². The standard InChI is InChI=1S/C15H21ClN2O3S/c1-3-11(12-4-5-13(16)22-12)17-15(21)18-7-9(2)6-10(8-18)14(19)20/h4-5,9-11H,3,6-8H2,1-2H3,(H,17,21)(H,19,20). The molecule has 22 heavy (non-hydrogen) atoms. The number of nitrogens with one attached hydrogen (secondary N) is 1. The summed E-state index contributed by atoms with van der Waals surface area (Å²) in [5.74, 6) is -1.12. The van der Waals surface area contributed by atoms with Gasteiger partial charge in [-0.3, -0.25) is 4.79 Å². The topological polar surface area (TPSA) is 69.6 Å². The molecule has 0 aliphatic carbocycles. The van der Waals surface area contributed by atoms with Crippen LogP contribution in [0.2, 0.25) is 4.34 Å². The average molecular weight is 345 g/mol. The lowest BCUT2D eigenvalue weighted by atomic mass is 9.91. The number of carbonyl (C=O) groups is 2. The number of nitrogens with zero attached hydrogens (tertiary/aromatic N) is 1. The van der Waals surface area contributed by atoms with Gasteiger partial charge in [-0.05, 0) is 30.9 Å². The second-order valence-corrected chi connectivity index (χ2v) is 7.58. The summed E-state index contributed by atoms with van der Waals surface area (Å²) in [5.41, 5.74) is 0. The van der Waals surface area contributed by atoms with E-state index >= 15 is 0 Å². The molecule has 1 aliphatic rings. The van der Waals surface area contributed by atoms with Crippen LogP contribution in [-0.4, -0.2) is 35.1 Å². The zero-order valence-corrected chi connectivity index (χ0v) is 14.3. The molecule has 5 nitrogen and oxygen atoms in total. The van der Waals surface area contributed by atoms with Crippen molar-refractivity contribution in [2.75, 3.05) is 13.1 Å². The third kappa shape index (κ3) is 4.14. The van der Waals surface area contributed by atoms with Crippen LogP contribution in [0.25, 0.3) is 0 Å². The highest BCUT2D eigenvalue weighted by molar-refractivity contribution is 7.16. The zero-order valence-electron chi connectivity index (χ0n) is 12.7. The van der Waals surface area contributed by atoms with Crippen molar-refractivity contribution in [1.29, 1.82) is 0 Å². The van der Waals surface area contributed by atoms with Crippen LogP contribution in [0.4, 0.5) is 4.79 Å². The molecule has 0 saturated carbocycles. The average Bonchev–Trinajstić information content (AvgIpc) is 2.90. The molecule has 2 N–H and O–H groups in total. The molecule has 2 rings (SSSR count). The summed E-state index contributed by atoms with van der Waals surface area (Å²) in [7, 11) is 0. The van der Waals surface area contributed by atoms with Crippen LogP contribution < -0.4 is 5.32 Å². The number of amides is 2. The molecule has 0 bridgehead atoms. The number of thiophene rings is 1. The number of aliphatic carboxylic acids is 1. The molecule has 1 aromatic heterocycles. The number of carboxylic acids is 1. The number of piperidine rings is 1. The molecule has 1 fully saturated rings. The molecule has 1 aromatic rings. The third-order valence-corrected chi connectivity index (χ3v) is 5.28. The van der Waals surface area contributed by atoms with E-state index in [-0.39, 0.29) is 24.5 Å². The fraction of sp³-hybridized carbons (Fsp3) is 0.600. The van der Waals surface area contributed by atoms with Gasteiger partial charge in [-0.2, -0.15) is 0 Å². The van der Waals surface area contributed by atoms with Crippen molar-refractivity contribution in [3.63, 3.8) is 0 Å². The Kier molecular flexibility index (Phi) is 5.69. The van der Waals surface area contributed by atoms with E-state index in [4.69, 9.17) is 11.6 Å². The Morgan fingerprint density at radius 1 is 1.50 bits per heavy atom. The fourth-order valence-corrected chi connectivity index (χ4v) is 4.02. The van der Waals surface area contributed by atoms with Gasteiger partial charge in [-0.25, -0.2) is 4.79 Å². The largest absolute Gasteiger partial charge is 0.481 e. The lowest BCUT2D eigenvalue weighted by Crippen LogP contribution is -2.50. The van der Waals surface area contributed by atoms with Crippen molar-refractivity contribution < 1.29 is 14.7 Å². The summed E-state index contributed by atoms with van der Waals surface area (Å²) in [6, 6.07) is 3.44. The van der Waals surface area contributed by atoms with E-state index in [9.17, 15) is 14.7 Å². The summed E-state index contributed by atoms with van der Waals surface area (Å²) in [4.78, 5) is 26.3. The highest BCUT2D eigenvalue weighted by Crippen LogP contribution is 2.29. The van der Waals surface area contributed by atoms with Crippen molar-refractivity contribution in [3.8, 4) is 0 Å². The Hall–Kier alpha value is -1.27. The predicted molar refractivity (Wildman–Crippen MR) is 87.4 cm³/mol. The van der Waals surface area contributed by atoms with Gasteiger partial charge >= 0.3 is 12.0 Å². The van der Waals surface area contributed by atoms with E-state index in [0.29, 0.717) is 17.3 Å². The van der Waals surface area contributed by atoms with Crippen LogP contribution >= 0.6 is 22.9 Å². The van der Waals surface area contributed by atoms with Crippen molar-refractivity contribution in [2.45, 2.75) is 32.7 Å². The number of halogens is 1. The Morgan fingerprint density at radius 2 is 2.23 bits per heavy atom. The van der Waals surface area contributed by atoms with Gasteiger partial charge in [0.05, 0.1) is 16.3 Å². The lowest BCUT2D eigenvalue weighted by molar-refractivity contribution is -0.143. The summed E-state index contributed by atoms with van der Waals surface area (Å²) < 4.78 is 0.695. The molecule has 3 unspecified atom stereocenters. The van der Waals surface area contributed by atoms with Crippen LogP contribution in [0, 0.1) is 11.8 Å². The fourth-order valence-electron chi connectivity index (χ4n) is 2.83. The number of urea groups is 1. The van der Waals surface area contributed by atoms with Gasteiger partial charge in [0, 0.05) is 18.0 Å². The highest BCUT2D eigenvalue weighted by Gasteiger charge is 2.32. The summed E-state index contributed by atoms with van der Waals surface area (Å²) >= 11 is 7.40. The Balaban J connectivity index is 2.02. The molecular weight excluding hydrogens is 324 g/mol. The second kappa shape index (κ2) is 7.33. The van der Waals surface area contributed by atoms with Crippen molar-refractivity contribution >= 4 is 34.9 Å². The molecule has 122 valence electrons. The van der Waals surface area contributed by atoms with Gasteiger partial charge in [-0.15, -0.1) is 11.3 Å². The molecule has 2 heterocycles. The highest BCUT2D eigenvalue weighted by atomic mass is 35.5. The van der Waals surface area contributed by atoms with Crippen LogP contribution in [-0.2, 0) is 4.79 Å². The maximum atomic E-state index is 12.5. The summed E-state index contributed by atoms with van der Waals surface area (Å²) in [5, 5.41) is 12.2. The molecule has 0 radical (unpaired) electrons. The molecule has 7 heteroatoms. The summed E-state index contributed by atoms with van der Waals surface area (Å²) in [6.45, 7) is 4.84. The van der Waals surface area contributed by atoms with E-state index in [2.05, 4.69) is 5.32 Å². The van der Waals surface area contributed by atoms with Crippen molar-refractivity contribution in [2.24, 2.45) is 11.8 Å². The maximum absolute atomic E-state index is 12.5. The first-order valence-electron chi connectivity index (χ1n) is 7.44. The van der Waals surface area contributed by atoms with Gasteiger partial charge in [0.25, 0.3) is 0 Å². The van der Waals surface area contributed by atoms with E-state index < -0.39 is 11.9 Å². The minimum Gasteiger partial charge on any atom is -0.481 e. The minimum absolute atomic E-state index is 0.0921. The quantitative estimate of drug-likeness (QED) is 0.876. The van der Waals surface area contributed by atoms with E-state index in [1.807, 2.05) is 26.0 Å². The number of likely N-dealkylation sites (tertiary alicyclic amines) is 1. The lowest BCUT2D eigenvalue weighted by Gasteiger charge is -2.35. The molecule has 1 saturated heterocycles. The number of hydrogen-bond donors (Lipinski definition) is 2. The molecular formula is C15H21ClN2O3S. The van der Waals surface area contributed by atoms with Crippen molar-refractivity contribution in [1.82, 2.24) is 10.2 Å². The predicted octanol–water partition coefficient (Wildman–Crippen LogP) is 3.60. The third-order valence-electron chi connectivity index (χ3n) is 3.94. The summed E-state index contributed by atoms with van der Waals surface area (Å²) in [6.07, 6.45) is 1.38. The second-order valence-electron chi connectivity index (χ2n) is 5.83. The maximum Gasteiger partial charge on any atom is 0.317 e. The van der Waals surface area contributed by atoms with Crippen molar-refractivity contribution in [3.05, 3.63) is 21.3 Å². The molecule has 3 atom stereocenters. The van der Waals surface area contributed by atoms with Gasteiger partial charge in [0.1, 0.15) is 0 Å². The number of carbonyl (C=O) groups excluding carboxylic acids is 1. The van der Waals surface area contributed by atoms with Crippen LogP contribution in [0.15, 0.2) is 12.1 Å². The first kappa shape index (κ1) is 17.1. The van der Waals surface area contributed by atoms with E-state index in [0.717, 1.165) is 11.3 Å². The molecule has 1 aliphatic heterocycles. The van der Waals surface area contributed by atoms with Gasteiger partial charge in [0.15, 0.2) is 0 Å². The Labute approximate surface area is 139 Å². The zero-order chi connectivity index (χ0) is 16.3. The molecule has 0 spiro atoms. The first-order chi connectivity index (χ1) is 10.4. The monoisotopic (exact) mass is 344 g/mol. The van der Waals surface area contributed by atoms with Crippen LogP contribution in [0.5, 0.6) is 0 Å². The Bertz CT molecular complexity index is 549. The molecule has 2 amide bonds. The number of hydrogen-bond acceptors (Lipinski definition) is 3.